The van der Waals surface area contributed by atoms with Gasteiger partial charge in [0.15, 0.2) is 0 Å². The summed E-state index contributed by atoms with van der Waals surface area (Å²) in [5.74, 6) is 0. The molecule has 12 heavy (non-hydrogen) atoms. The van der Waals surface area contributed by atoms with Gasteiger partial charge in [0, 0.05) is 12.6 Å². The molecule has 3 nitrogen and oxygen atoms in total. The second kappa shape index (κ2) is 3.16. The van der Waals surface area contributed by atoms with Crippen LogP contribution in [0.15, 0.2) is 17.8 Å². The molecule has 2 aromatic heterocycles. The highest BCUT2D eigenvalue weighted by molar-refractivity contribution is 7.16. The molecule has 0 fully saturated rings. The number of thiazole rings is 1. The molecule has 2 N–H and O–H groups in total. The molecule has 2 aromatic rings. The first-order valence-corrected chi connectivity index (χ1v) is 4.67. The van der Waals surface area contributed by atoms with Crippen molar-refractivity contribution in [2.75, 3.05) is 6.54 Å². The smallest absolute Gasteiger partial charge is 0.0845 e. The van der Waals surface area contributed by atoms with Crippen LogP contribution in [0.2, 0.25) is 0 Å². The molecule has 0 aliphatic rings. The first-order chi connectivity index (χ1) is 5.92. The number of hydrogen-bond acceptors (Lipinski definition) is 4. The van der Waals surface area contributed by atoms with Gasteiger partial charge in [-0.2, -0.15) is 0 Å². The van der Waals surface area contributed by atoms with Crippen LogP contribution in [0.5, 0.6) is 0 Å². The van der Waals surface area contributed by atoms with Crippen molar-refractivity contribution >= 4 is 21.6 Å². The van der Waals surface area contributed by atoms with Crippen LogP contribution in [-0.2, 0) is 6.42 Å². The van der Waals surface area contributed by atoms with Gasteiger partial charge in [0.1, 0.15) is 0 Å². The second-order valence-electron chi connectivity index (χ2n) is 2.50. The molecule has 0 unspecified atom stereocenters. The monoisotopic (exact) mass is 179 g/mol. The Hall–Kier alpha value is -1.000. The maximum absolute atomic E-state index is 5.46. The van der Waals surface area contributed by atoms with E-state index < -0.39 is 0 Å². The molecule has 0 saturated heterocycles. The van der Waals surface area contributed by atoms with Crippen LogP contribution in [0.3, 0.4) is 0 Å². The van der Waals surface area contributed by atoms with Crippen molar-refractivity contribution in [2.45, 2.75) is 6.42 Å². The predicted octanol–water partition coefficient (Wildman–Crippen LogP) is 1.19. The van der Waals surface area contributed by atoms with E-state index in [-0.39, 0.29) is 0 Å². The van der Waals surface area contributed by atoms with Crippen LogP contribution >= 0.6 is 11.3 Å². The van der Waals surface area contributed by atoms with Gasteiger partial charge in [0.05, 0.1) is 21.4 Å². The fourth-order valence-electron chi connectivity index (χ4n) is 1.16. The number of rotatable bonds is 2. The average molecular weight is 179 g/mol. The molecule has 0 spiro atoms. The van der Waals surface area contributed by atoms with E-state index in [1.807, 2.05) is 11.6 Å². The summed E-state index contributed by atoms with van der Waals surface area (Å²) in [6.45, 7) is 0.643. The molecule has 0 aliphatic heterocycles. The minimum atomic E-state index is 0.643. The standard InChI is InChI=1S/C8H9N3S/c9-3-1-6-8-7(2-4-10-6)11-5-12-8/h2,4-5H,1,3,9H2. The minimum Gasteiger partial charge on any atom is -0.330 e. The lowest BCUT2D eigenvalue weighted by Crippen LogP contribution is -2.04. The van der Waals surface area contributed by atoms with Gasteiger partial charge < -0.3 is 5.73 Å². The van der Waals surface area contributed by atoms with Crippen LogP contribution in [-0.4, -0.2) is 16.5 Å². The Labute approximate surface area is 74.3 Å². The third kappa shape index (κ3) is 1.19. The summed E-state index contributed by atoms with van der Waals surface area (Å²) in [6, 6.07) is 1.92. The summed E-state index contributed by atoms with van der Waals surface area (Å²) in [5, 5.41) is 0. The Morgan fingerprint density at radius 2 is 2.33 bits per heavy atom. The second-order valence-corrected chi connectivity index (χ2v) is 3.35. The Morgan fingerprint density at radius 3 is 3.17 bits per heavy atom. The van der Waals surface area contributed by atoms with Crippen molar-refractivity contribution < 1.29 is 0 Å². The number of aromatic nitrogens is 2. The summed E-state index contributed by atoms with van der Waals surface area (Å²) in [5.41, 5.74) is 9.40. The van der Waals surface area contributed by atoms with Gasteiger partial charge in [-0.1, -0.05) is 0 Å². The summed E-state index contributed by atoms with van der Waals surface area (Å²) >= 11 is 1.62. The minimum absolute atomic E-state index is 0.643. The number of nitrogens with two attached hydrogens (primary N) is 1. The fourth-order valence-corrected chi connectivity index (χ4v) is 1.96. The van der Waals surface area contributed by atoms with E-state index in [2.05, 4.69) is 9.97 Å². The lowest BCUT2D eigenvalue weighted by atomic mass is 10.2. The molecule has 0 aromatic carbocycles. The van der Waals surface area contributed by atoms with Crippen LogP contribution in [0.25, 0.3) is 10.2 Å². The average Bonchev–Trinajstić information content (AvgIpc) is 2.53. The maximum atomic E-state index is 5.46. The molecule has 2 heterocycles. The van der Waals surface area contributed by atoms with Gasteiger partial charge >= 0.3 is 0 Å². The van der Waals surface area contributed by atoms with Crippen molar-refractivity contribution in [2.24, 2.45) is 5.73 Å². The molecule has 0 amide bonds. The molecule has 0 bridgehead atoms. The lowest BCUT2D eigenvalue weighted by Gasteiger charge is -1.96. The van der Waals surface area contributed by atoms with Gasteiger partial charge in [-0.05, 0) is 12.6 Å². The van der Waals surface area contributed by atoms with E-state index in [0.717, 1.165) is 17.6 Å². The van der Waals surface area contributed by atoms with E-state index in [0.29, 0.717) is 6.54 Å². The third-order valence-electron chi connectivity index (χ3n) is 1.70. The number of fused-ring (bicyclic) bond motifs is 1. The van der Waals surface area contributed by atoms with E-state index in [1.165, 1.54) is 4.70 Å². The topological polar surface area (TPSA) is 51.8 Å². The normalized spacial score (nSPS) is 10.8. The zero-order valence-corrected chi connectivity index (χ0v) is 7.34. The molecule has 0 aliphatic carbocycles. The SMILES string of the molecule is NCCc1nccc2ncsc12. The van der Waals surface area contributed by atoms with Gasteiger partial charge in [0.2, 0.25) is 0 Å². The third-order valence-corrected chi connectivity index (χ3v) is 2.59. The Morgan fingerprint density at radius 1 is 1.42 bits per heavy atom. The zero-order valence-electron chi connectivity index (χ0n) is 6.53. The fraction of sp³-hybridized carbons (Fsp3) is 0.250. The number of pyridine rings is 1. The van der Waals surface area contributed by atoms with Crippen LogP contribution < -0.4 is 5.73 Å². The highest BCUT2D eigenvalue weighted by Crippen LogP contribution is 2.19. The van der Waals surface area contributed by atoms with Crippen molar-refractivity contribution in [1.29, 1.82) is 0 Å². The molecule has 62 valence electrons. The van der Waals surface area contributed by atoms with Crippen LogP contribution in [0, 0.1) is 0 Å². The lowest BCUT2D eigenvalue weighted by molar-refractivity contribution is 0.937. The van der Waals surface area contributed by atoms with E-state index >= 15 is 0 Å². The molecule has 0 saturated carbocycles. The summed E-state index contributed by atoms with van der Waals surface area (Å²) in [7, 11) is 0. The first kappa shape index (κ1) is 7.64. The summed E-state index contributed by atoms with van der Waals surface area (Å²) in [4.78, 5) is 8.46. The predicted molar refractivity (Wildman–Crippen MR) is 50.2 cm³/mol. The zero-order chi connectivity index (χ0) is 8.39. The van der Waals surface area contributed by atoms with Crippen molar-refractivity contribution in [1.82, 2.24) is 9.97 Å². The molecule has 4 heteroatoms. The summed E-state index contributed by atoms with van der Waals surface area (Å²) < 4.78 is 1.17. The Balaban J connectivity index is 2.57. The number of nitrogens with zero attached hydrogens (tertiary/aromatic N) is 2. The van der Waals surface area contributed by atoms with Gasteiger partial charge in [-0.15, -0.1) is 11.3 Å². The number of hydrogen-bond donors (Lipinski definition) is 1. The highest BCUT2D eigenvalue weighted by atomic mass is 32.1. The van der Waals surface area contributed by atoms with Crippen molar-refractivity contribution in [3.8, 4) is 0 Å². The van der Waals surface area contributed by atoms with E-state index in [9.17, 15) is 0 Å². The van der Waals surface area contributed by atoms with Crippen LogP contribution in [0.1, 0.15) is 5.69 Å². The van der Waals surface area contributed by atoms with Crippen molar-refractivity contribution in [3.63, 3.8) is 0 Å². The Kier molecular flexibility index (Phi) is 2.01. The first-order valence-electron chi connectivity index (χ1n) is 3.79. The van der Waals surface area contributed by atoms with Crippen molar-refractivity contribution in [3.05, 3.63) is 23.5 Å². The molecule has 2 rings (SSSR count). The van der Waals surface area contributed by atoms with Gasteiger partial charge in [-0.3, -0.25) is 4.98 Å². The van der Waals surface area contributed by atoms with Gasteiger partial charge in [0.25, 0.3) is 0 Å². The molecular weight excluding hydrogens is 170 g/mol. The highest BCUT2D eigenvalue weighted by Gasteiger charge is 2.02. The van der Waals surface area contributed by atoms with E-state index in [1.54, 1.807) is 17.5 Å². The quantitative estimate of drug-likeness (QED) is 0.753. The largest absolute Gasteiger partial charge is 0.330 e. The van der Waals surface area contributed by atoms with E-state index in [4.69, 9.17) is 5.73 Å². The van der Waals surface area contributed by atoms with Crippen LogP contribution in [0.4, 0.5) is 0 Å². The molecular formula is C8H9N3S. The molecule has 0 radical (unpaired) electrons. The van der Waals surface area contributed by atoms with Gasteiger partial charge in [-0.25, -0.2) is 4.98 Å². The Bertz CT molecular complexity index is 382. The molecule has 0 atom stereocenters. The summed E-state index contributed by atoms with van der Waals surface area (Å²) in [6.07, 6.45) is 2.62. The maximum Gasteiger partial charge on any atom is 0.0845 e.